The number of methoxy groups -OCH3 is 1. The van der Waals surface area contributed by atoms with Gasteiger partial charge in [-0.15, -0.1) is 6.58 Å². The third-order valence-corrected chi connectivity index (χ3v) is 3.21. The van der Waals surface area contributed by atoms with E-state index in [0.29, 0.717) is 6.79 Å². The normalized spacial score (nSPS) is 13.5. The minimum Gasteiger partial charge on any atom is -0.359 e. The topological polar surface area (TPSA) is 18.5 Å². The number of halogens is 1. The van der Waals surface area contributed by atoms with Gasteiger partial charge in [0.2, 0.25) is 0 Å². The second-order valence-corrected chi connectivity index (χ2v) is 6.09. The molecule has 0 aromatic carbocycles. The first-order valence-electron chi connectivity index (χ1n) is 5.48. The molecule has 0 aromatic rings. The van der Waals surface area contributed by atoms with Crippen LogP contribution in [-0.2, 0) is 9.47 Å². The standard InChI is InChI=1S/C13H23IO2/c1-6-8-13(3,4)9-7-12(11(2)14)16-10-15-5/h6,12H,1-2,7-10H2,3-5H3/t12-/m1/s1. The zero-order chi connectivity index (χ0) is 12.6. The van der Waals surface area contributed by atoms with Crippen molar-refractivity contribution in [1.82, 2.24) is 0 Å². The van der Waals surface area contributed by atoms with Crippen LogP contribution in [0, 0.1) is 5.41 Å². The first-order chi connectivity index (χ1) is 7.43. The number of hydrogen-bond donors (Lipinski definition) is 0. The lowest BCUT2D eigenvalue weighted by molar-refractivity contribution is -0.0604. The summed E-state index contributed by atoms with van der Waals surface area (Å²) in [7, 11) is 1.63. The van der Waals surface area contributed by atoms with Gasteiger partial charge in [-0.2, -0.15) is 0 Å². The molecule has 0 rings (SSSR count). The Balaban J connectivity index is 4.10. The van der Waals surface area contributed by atoms with Crippen LogP contribution < -0.4 is 0 Å². The number of hydrogen-bond acceptors (Lipinski definition) is 2. The molecule has 0 aliphatic carbocycles. The van der Waals surface area contributed by atoms with Crippen molar-refractivity contribution in [1.29, 1.82) is 0 Å². The molecule has 94 valence electrons. The number of rotatable bonds is 9. The summed E-state index contributed by atoms with van der Waals surface area (Å²) in [5, 5.41) is 0. The van der Waals surface area contributed by atoms with Gasteiger partial charge in [-0.05, 0) is 47.3 Å². The van der Waals surface area contributed by atoms with Gasteiger partial charge in [-0.3, -0.25) is 0 Å². The van der Waals surface area contributed by atoms with Gasteiger partial charge >= 0.3 is 0 Å². The summed E-state index contributed by atoms with van der Waals surface area (Å²) in [6.45, 7) is 12.6. The lowest BCUT2D eigenvalue weighted by atomic mass is 9.83. The van der Waals surface area contributed by atoms with Crippen molar-refractivity contribution >= 4 is 22.6 Å². The van der Waals surface area contributed by atoms with Crippen LogP contribution in [0.15, 0.2) is 22.8 Å². The van der Waals surface area contributed by atoms with Crippen LogP contribution in [0.3, 0.4) is 0 Å². The maximum Gasteiger partial charge on any atom is 0.147 e. The molecule has 0 bridgehead atoms. The van der Waals surface area contributed by atoms with Crippen molar-refractivity contribution in [3.05, 3.63) is 22.8 Å². The van der Waals surface area contributed by atoms with E-state index in [2.05, 4.69) is 49.6 Å². The second-order valence-electron chi connectivity index (χ2n) is 4.70. The molecular weight excluding hydrogens is 315 g/mol. The first kappa shape index (κ1) is 16.1. The van der Waals surface area contributed by atoms with Crippen molar-refractivity contribution < 1.29 is 9.47 Å². The third kappa shape index (κ3) is 7.41. The van der Waals surface area contributed by atoms with Gasteiger partial charge in [-0.1, -0.05) is 26.5 Å². The maximum atomic E-state index is 5.57. The lowest BCUT2D eigenvalue weighted by Gasteiger charge is -2.25. The van der Waals surface area contributed by atoms with Crippen molar-refractivity contribution in [2.24, 2.45) is 5.41 Å². The average Bonchev–Trinajstić information content (AvgIpc) is 2.17. The minimum absolute atomic E-state index is 0.0876. The zero-order valence-corrected chi connectivity index (χ0v) is 12.7. The molecule has 3 heteroatoms. The summed E-state index contributed by atoms with van der Waals surface area (Å²) >= 11 is 2.22. The van der Waals surface area contributed by atoms with E-state index in [1.54, 1.807) is 7.11 Å². The van der Waals surface area contributed by atoms with Crippen molar-refractivity contribution in [2.45, 2.75) is 39.2 Å². The Morgan fingerprint density at radius 1 is 1.50 bits per heavy atom. The molecule has 0 amide bonds. The van der Waals surface area contributed by atoms with E-state index in [1.807, 2.05) is 6.08 Å². The Bertz CT molecular complexity index is 224. The van der Waals surface area contributed by atoms with E-state index in [0.717, 1.165) is 22.8 Å². The highest BCUT2D eigenvalue weighted by molar-refractivity contribution is 14.1. The minimum atomic E-state index is 0.0876. The molecule has 1 atom stereocenters. The molecule has 0 saturated carbocycles. The molecule has 0 N–H and O–H groups in total. The Hall–Kier alpha value is 0.130. The van der Waals surface area contributed by atoms with Gasteiger partial charge in [0, 0.05) is 10.7 Å². The SMILES string of the molecule is C=CCC(C)(C)CC[C@@H](OCOC)C(=C)I. The summed E-state index contributed by atoms with van der Waals surface area (Å²) in [6, 6.07) is 0. The second kappa shape index (κ2) is 8.25. The van der Waals surface area contributed by atoms with Crippen molar-refractivity contribution in [3.63, 3.8) is 0 Å². The van der Waals surface area contributed by atoms with E-state index < -0.39 is 0 Å². The van der Waals surface area contributed by atoms with Crippen LogP contribution in [0.5, 0.6) is 0 Å². The van der Waals surface area contributed by atoms with Crippen LogP contribution >= 0.6 is 22.6 Å². The van der Waals surface area contributed by atoms with E-state index in [-0.39, 0.29) is 11.5 Å². The van der Waals surface area contributed by atoms with Crippen LogP contribution in [0.4, 0.5) is 0 Å². The molecule has 0 heterocycles. The highest BCUT2D eigenvalue weighted by Gasteiger charge is 2.20. The smallest absolute Gasteiger partial charge is 0.147 e. The predicted molar refractivity (Wildman–Crippen MR) is 77.7 cm³/mol. The molecule has 2 nitrogen and oxygen atoms in total. The molecule has 0 unspecified atom stereocenters. The molecule has 0 aliphatic rings. The molecule has 16 heavy (non-hydrogen) atoms. The summed E-state index contributed by atoms with van der Waals surface area (Å²) in [5.74, 6) is 0. The quantitative estimate of drug-likeness (QED) is 0.354. The summed E-state index contributed by atoms with van der Waals surface area (Å²) < 4.78 is 11.5. The maximum absolute atomic E-state index is 5.57. The van der Waals surface area contributed by atoms with Gasteiger partial charge < -0.3 is 9.47 Å². The highest BCUT2D eigenvalue weighted by Crippen LogP contribution is 2.30. The fourth-order valence-electron chi connectivity index (χ4n) is 1.50. The van der Waals surface area contributed by atoms with Gasteiger partial charge in [0.15, 0.2) is 0 Å². The molecule has 0 aromatic heterocycles. The monoisotopic (exact) mass is 338 g/mol. The van der Waals surface area contributed by atoms with Crippen LogP contribution in [0.25, 0.3) is 0 Å². The molecule has 0 fully saturated rings. The van der Waals surface area contributed by atoms with Gasteiger partial charge in [0.25, 0.3) is 0 Å². The molecule has 0 radical (unpaired) electrons. The Morgan fingerprint density at radius 3 is 2.56 bits per heavy atom. The summed E-state index contributed by atoms with van der Waals surface area (Å²) in [6.07, 6.45) is 5.16. The zero-order valence-electron chi connectivity index (χ0n) is 10.6. The Kier molecular flexibility index (Phi) is 8.32. The Labute approximate surface area is 113 Å². The lowest BCUT2D eigenvalue weighted by Crippen LogP contribution is -2.19. The predicted octanol–water partition coefficient (Wildman–Crippen LogP) is 4.31. The van der Waals surface area contributed by atoms with Gasteiger partial charge in [0.1, 0.15) is 6.79 Å². The van der Waals surface area contributed by atoms with E-state index in [9.17, 15) is 0 Å². The van der Waals surface area contributed by atoms with Crippen molar-refractivity contribution in [3.8, 4) is 0 Å². The van der Waals surface area contributed by atoms with Crippen LogP contribution in [0.2, 0.25) is 0 Å². The van der Waals surface area contributed by atoms with E-state index in [4.69, 9.17) is 9.47 Å². The molecule has 0 saturated heterocycles. The summed E-state index contributed by atoms with van der Waals surface area (Å²) in [4.78, 5) is 0. The highest BCUT2D eigenvalue weighted by atomic mass is 127. The molecular formula is C13H23IO2. The van der Waals surface area contributed by atoms with Gasteiger partial charge in [-0.25, -0.2) is 0 Å². The van der Waals surface area contributed by atoms with Crippen LogP contribution in [0.1, 0.15) is 33.1 Å². The van der Waals surface area contributed by atoms with E-state index in [1.165, 1.54) is 0 Å². The largest absolute Gasteiger partial charge is 0.359 e. The molecule has 0 aliphatic heterocycles. The van der Waals surface area contributed by atoms with E-state index >= 15 is 0 Å². The third-order valence-electron chi connectivity index (χ3n) is 2.52. The molecule has 0 spiro atoms. The van der Waals surface area contributed by atoms with Crippen molar-refractivity contribution in [2.75, 3.05) is 13.9 Å². The van der Waals surface area contributed by atoms with Gasteiger partial charge in [0.05, 0.1) is 6.10 Å². The number of ether oxygens (including phenoxy) is 2. The first-order valence-corrected chi connectivity index (χ1v) is 6.56. The number of allylic oxidation sites excluding steroid dienone is 1. The summed E-state index contributed by atoms with van der Waals surface area (Å²) in [5.41, 5.74) is 0.280. The Morgan fingerprint density at radius 2 is 2.12 bits per heavy atom. The fourth-order valence-corrected chi connectivity index (χ4v) is 1.99. The fraction of sp³-hybridized carbons (Fsp3) is 0.692. The van der Waals surface area contributed by atoms with Crippen LogP contribution in [-0.4, -0.2) is 20.0 Å². The average molecular weight is 338 g/mol.